The standard InChI is InChI=1S/C22H32N4OS/c1-5-6-11-25-12-8-13-26(15-14-25)22(27)20-17(2)23-21(28-20)18-9-7-10-19(16-18)24(3)4/h7,9-10,16H,5-6,8,11-15H2,1-4H3. The van der Waals surface area contributed by atoms with Crippen molar-refractivity contribution in [3.63, 3.8) is 0 Å². The Kier molecular flexibility index (Phi) is 7.08. The molecule has 1 saturated heterocycles. The first-order chi connectivity index (χ1) is 13.5. The van der Waals surface area contributed by atoms with E-state index in [-0.39, 0.29) is 5.91 Å². The molecule has 1 fully saturated rings. The second-order valence-electron chi connectivity index (χ2n) is 7.72. The molecule has 152 valence electrons. The molecule has 1 aromatic heterocycles. The van der Waals surface area contributed by atoms with E-state index in [1.54, 1.807) is 0 Å². The minimum absolute atomic E-state index is 0.141. The number of aryl methyl sites for hydroxylation is 1. The first-order valence-electron chi connectivity index (χ1n) is 10.3. The normalized spacial score (nSPS) is 15.5. The van der Waals surface area contributed by atoms with Crippen molar-refractivity contribution in [2.24, 2.45) is 0 Å². The number of hydrogen-bond acceptors (Lipinski definition) is 5. The van der Waals surface area contributed by atoms with Gasteiger partial charge in [-0.1, -0.05) is 25.5 Å². The summed E-state index contributed by atoms with van der Waals surface area (Å²) in [7, 11) is 4.06. The van der Waals surface area contributed by atoms with Crippen LogP contribution >= 0.6 is 11.3 Å². The van der Waals surface area contributed by atoms with Gasteiger partial charge in [0.05, 0.1) is 5.69 Å². The molecule has 0 radical (unpaired) electrons. The molecule has 0 aliphatic carbocycles. The quantitative estimate of drug-likeness (QED) is 0.731. The number of anilines is 1. The fourth-order valence-electron chi connectivity index (χ4n) is 3.56. The van der Waals surface area contributed by atoms with Crippen LogP contribution in [0.1, 0.15) is 41.6 Å². The van der Waals surface area contributed by atoms with Gasteiger partial charge >= 0.3 is 0 Å². The van der Waals surface area contributed by atoms with Gasteiger partial charge in [0.15, 0.2) is 0 Å². The number of nitrogens with zero attached hydrogens (tertiary/aromatic N) is 4. The van der Waals surface area contributed by atoms with Gasteiger partial charge in [-0.15, -0.1) is 11.3 Å². The summed E-state index contributed by atoms with van der Waals surface area (Å²) in [6.45, 7) is 9.04. The zero-order valence-corrected chi connectivity index (χ0v) is 18.4. The van der Waals surface area contributed by atoms with Crippen molar-refractivity contribution in [1.82, 2.24) is 14.8 Å². The summed E-state index contributed by atoms with van der Waals surface area (Å²) < 4.78 is 0. The highest BCUT2D eigenvalue weighted by Gasteiger charge is 2.24. The number of benzene rings is 1. The zero-order chi connectivity index (χ0) is 20.1. The highest BCUT2D eigenvalue weighted by molar-refractivity contribution is 7.17. The van der Waals surface area contributed by atoms with E-state index >= 15 is 0 Å². The summed E-state index contributed by atoms with van der Waals surface area (Å²) in [5, 5.41) is 0.920. The molecule has 0 unspecified atom stereocenters. The predicted octanol–water partition coefficient (Wildman–Crippen LogP) is 4.13. The minimum atomic E-state index is 0.141. The van der Waals surface area contributed by atoms with Crippen molar-refractivity contribution in [3.05, 3.63) is 34.8 Å². The smallest absolute Gasteiger partial charge is 0.265 e. The molecule has 1 aromatic carbocycles. The van der Waals surface area contributed by atoms with E-state index in [0.29, 0.717) is 0 Å². The van der Waals surface area contributed by atoms with Crippen LogP contribution in [0.3, 0.4) is 0 Å². The number of carbonyl (C=O) groups excluding carboxylic acids is 1. The van der Waals surface area contributed by atoms with Crippen molar-refractivity contribution in [2.45, 2.75) is 33.1 Å². The molecular formula is C22H32N4OS. The Morgan fingerprint density at radius 3 is 2.79 bits per heavy atom. The van der Waals surface area contributed by atoms with E-state index in [1.807, 2.05) is 32.0 Å². The first-order valence-corrected chi connectivity index (χ1v) is 11.1. The van der Waals surface area contributed by atoms with Gasteiger partial charge in [0.1, 0.15) is 9.88 Å². The molecule has 5 nitrogen and oxygen atoms in total. The summed E-state index contributed by atoms with van der Waals surface area (Å²) in [6.07, 6.45) is 3.50. The van der Waals surface area contributed by atoms with Crippen molar-refractivity contribution in [1.29, 1.82) is 0 Å². The first kappa shape index (κ1) is 20.8. The van der Waals surface area contributed by atoms with Gasteiger partial charge in [-0.25, -0.2) is 4.98 Å². The maximum Gasteiger partial charge on any atom is 0.265 e. The van der Waals surface area contributed by atoms with Gasteiger partial charge in [0.2, 0.25) is 0 Å². The molecule has 1 aliphatic heterocycles. The van der Waals surface area contributed by atoms with Crippen molar-refractivity contribution < 1.29 is 4.79 Å². The Hall–Kier alpha value is -1.92. The lowest BCUT2D eigenvalue weighted by atomic mass is 10.2. The second kappa shape index (κ2) is 9.52. The van der Waals surface area contributed by atoms with Crippen LogP contribution < -0.4 is 4.90 Å². The molecule has 1 aliphatic rings. The molecule has 0 N–H and O–H groups in total. The van der Waals surface area contributed by atoms with E-state index in [4.69, 9.17) is 4.98 Å². The molecule has 28 heavy (non-hydrogen) atoms. The second-order valence-corrected chi connectivity index (χ2v) is 8.72. The molecule has 1 amide bonds. The third-order valence-corrected chi connectivity index (χ3v) is 6.50. The fraction of sp³-hybridized carbons (Fsp3) is 0.545. The Bertz CT molecular complexity index is 802. The molecule has 0 saturated carbocycles. The van der Waals surface area contributed by atoms with Gasteiger partial charge < -0.3 is 14.7 Å². The molecule has 0 bridgehead atoms. The molecular weight excluding hydrogens is 368 g/mol. The number of unbranched alkanes of at least 4 members (excludes halogenated alkanes) is 1. The van der Waals surface area contributed by atoms with Crippen molar-refractivity contribution >= 4 is 22.9 Å². The van der Waals surface area contributed by atoms with E-state index in [2.05, 4.69) is 34.9 Å². The highest BCUT2D eigenvalue weighted by atomic mass is 32.1. The summed E-state index contributed by atoms with van der Waals surface area (Å²) in [4.78, 5) is 25.3. The maximum absolute atomic E-state index is 13.2. The van der Waals surface area contributed by atoms with Crippen LogP contribution in [-0.4, -0.2) is 67.5 Å². The molecule has 3 rings (SSSR count). The number of carbonyl (C=O) groups is 1. The van der Waals surface area contributed by atoms with Crippen LogP contribution in [0.4, 0.5) is 5.69 Å². The summed E-state index contributed by atoms with van der Waals surface area (Å²) >= 11 is 1.52. The van der Waals surface area contributed by atoms with Gasteiger partial charge in [-0.05, 0) is 45.0 Å². The maximum atomic E-state index is 13.2. The average molecular weight is 401 g/mol. The Labute approximate surface area is 173 Å². The van der Waals surface area contributed by atoms with Crippen LogP contribution in [0.15, 0.2) is 24.3 Å². The van der Waals surface area contributed by atoms with Crippen LogP contribution in [0.25, 0.3) is 10.6 Å². The van der Waals surface area contributed by atoms with Gasteiger partial charge in [0, 0.05) is 45.0 Å². The largest absolute Gasteiger partial charge is 0.378 e. The summed E-state index contributed by atoms with van der Waals surface area (Å²) in [6, 6.07) is 8.32. The zero-order valence-electron chi connectivity index (χ0n) is 17.6. The summed E-state index contributed by atoms with van der Waals surface area (Å²) in [5.74, 6) is 0.141. The van der Waals surface area contributed by atoms with Crippen LogP contribution in [0, 0.1) is 6.92 Å². The number of rotatable bonds is 6. The van der Waals surface area contributed by atoms with Crippen molar-refractivity contribution in [3.8, 4) is 10.6 Å². The van der Waals surface area contributed by atoms with E-state index in [9.17, 15) is 4.79 Å². The molecule has 2 aromatic rings. The molecule has 2 heterocycles. The predicted molar refractivity (Wildman–Crippen MR) is 118 cm³/mol. The Morgan fingerprint density at radius 1 is 1.21 bits per heavy atom. The topological polar surface area (TPSA) is 39.7 Å². The molecule has 0 atom stereocenters. The van der Waals surface area contributed by atoms with Crippen LogP contribution in [-0.2, 0) is 0 Å². The fourth-order valence-corrected chi connectivity index (χ4v) is 4.59. The lowest BCUT2D eigenvalue weighted by Crippen LogP contribution is -2.35. The third-order valence-electron chi connectivity index (χ3n) is 5.30. The van der Waals surface area contributed by atoms with Gasteiger partial charge in [-0.3, -0.25) is 4.79 Å². The van der Waals surface area contributed by atoms with E-state index in [0.717, 1.165) is 66.0 Å². The van der Waals surface area contributed by atoms with E-state index in [1.165, 1.54) is 24.2 Å². The summed E-state index contributed by atoms with van der Waals surface area (Å²) in [5.41, 5.74) is 3.05. The average Bonchev–Trinajstić information content (AvgIpc) is 2.93. The minimum Gasteiger partial charge on any atom is -0.378 e. The number of aromatic nitrogens is 1. The third kappa shape index (κ3) is 4.92. The number of hydrogen-bond donors (Lipinski definition) is 0. The number of thiazole rings is 1. The Morgan fingerprint density at radius 2 is 2.04 bits per heavy atom. The van der Waals surface area contributed by atoms with Gasteiger partial charge in [-0.2, -0.15) is 0 Å². The number of amides is 1. The SMILES string of the molecule is CCCCN1CCCN(C(=O)c2sc(-c3cccc(N(C)C)c3)nc2C)CC1. The lowest BCUT2D eigenvalue weighted by molar-refractivity contribution is 0.0765. The lowest BCUT2D eigenvalue weighted by Gasteiger charge is -2.21. The highest BCUT2D eigenvalue weighted by Crippen LogP contribution is 2.31. The van der Waals surface area contributed by atoms with Crippen LogP contribution in [0.2, 0.25) is 0 Å². The van der Waals surface area contributed by atoms with Crippen molar-refractivity contribution in [2.75, 3.05) is 51.7 Å². The van der Waals surface area contributed by atoms with Gasteiger partial charge in [0.25, 0.3) is 5.91 Å². The monoisotopic (exact) mass is 400 g/mol. The Balaban J connectivity index is 1.74. The van der Waals surface area contributed by atoms with Crippen LogP contribution in [0.5, 0.6) is 0 Å². The molecule has 6 heteroatoms. The molecule has 0 spiro atoms. The van der Waals surface area contributed by atoms with E-state index < -0.39 is 0 Å².